The van der Waals surface area contributed by atoms with Crippen LogP contribution in [0.3, 0.4) is 0 Å². The number of β-amino-alcohol motifs (C(OH)–C–C–N with tert-alkyl or cyclic N) is 1. The Morgan fingerprint density at radius 3 is 3.00 bits per heavy atom. The molecule has 1 aliphatic heterocycles. The molecule has 0 saturated heterocycles. The number of rotatable bonds is 5. The van der Waals surface area contributed by atoms with E-state index in [4.69, 9.17) is 5.11 Å². The normalized spacial score (nSPS) is 14.3. The number of anilines is 2. The first-order valence-electron chi connectivity index (χ1n) is 6.30. The molecule has 0 atom stereocenters. The van der Waals surface area contributed by atoms with Crippen molar-refractivity contribution in [1.82, 2.24) is 5.32 Å². The number of carbonyl (C=O) groups excluding carboxylic acids is 1. The Bertz CT molecular complexity index is 479. The van der Waals surface area contributed by atoms with Gasteiger partial charge in [-0.25, -0.2) is 4.39 Å². The lowest BCUT2D eigenvalue weighted by atomic mass is 10.0. The van der Waals surface area contributed by atoms with Crippen molar-refractivity contribution < 1.29 is 14.3 Å². The van der Waals surface area contributed by atoms with Crippen LogP contribution in [-0.4, -0.2) is 44.3 Å². The third kappa shape index (κ3) is 2.69. The van der Waals surface area contributed by atoms with E-state index in [1.807, 2.05) is 0 Å². The fraction of sp³-hybridized carbons (Fsp3) is 0.462. The van der Waals surface area contributed by atoms with Crippen molar-refractivity contribution in [3.05, 3.63) is 23.5 Å². The molecule has 1 amide bonds. The Kier molecular flexibility index (Phi) is 4.34. The molecule has 0 aliphatic carbocycles. The first kappa shape index (κ1) is 13.8. The molecule has 1 aliphatic rings. The number of amides is 1. The molecule has 2 rings (SSSR count). The van der Waals surface area contributed by atoms with Gasteiger partial charge < -0.3 is 20.6 Å². The molecule has 1 aromatic rings. The number of aliphatic hydroxyl groups is 1. The minimum Gasteiger partial charge on any atom is -0.395 e. The molecule has 0 unspecified atom stereocenters. The number of hydrogen-bond acceptors (Lipinski definition) is 4. The minimum atomic E-state index is -0.326. The van der Waals surface area contributed by atoms with E-state index in [1.54, 1.807) is 13.1 Å². The molecule has 1 aromatic carbocycles. The monoisotopic (exact) mass is 267 g/mol. The van der Waals surface area contributed by atoms with Gasteiger partial charge in [-0.05, 0) is 32.1 Å². The molecule has 3 N–H and O–H groups in total. The predicted molar refractivity (Wildman–Crippen MR) is 72.0 cm³/mol. The lowest BCUT2D eigenvalue weighted by Crippen LogP contribution is -2.42. The molecule has 104 valence electrons. The van der Waals surface area contributed by atoms with Gasteiger partial charge >= 0.3 is 0 Å². The van der Waals surface area contributed by atoms with Gasteiger partial charge in [0.25, 0.3) is 0 Å². The van der Waals surface area contributed by atoms with Crippen LogP contribution in [0, 0.1) is 5.82 Å². The number of aliphatic hydroxyl groups excluding tert-OH is 1. The second-order valence-corrected chi connectivity index (χ2v) is 4.40. The largest absolute Gasteiger partial charge is 0.395 e. The van der Waals surface area contributed by atoms with Crippen molar-refractivity contribution in [2.24, 2.45) is 0 Å². The number of fused-ring (bicyclic) bond motifs is 1. The molecule has 0 fully saturated rings. The molecule has 6 heteroatoms. The number of likely N-dealkylation sites (N-methyl/N-ethyl adjacent to an activating group) is 1. The Hall–Kier alpha value is -1.66. The molecule has 0 radical (unpaired) electrons. The summed E-state index contributed by atoms with van der Waals surface area (Å²) in [6, 6.07) is 3.04. The molecule has 0 aromatic heterocycles. The second-order valence-electron chi connectivity index (χ2n) is 4.40. The standard InChI is InChI=1S/C13H18FN3O2/c1-15-5-4-9-10(14)2-3-11-13(9)17(6-7-18)12(19)8-16-11/h2-3,15-16,18H,4-8H2,1H3. The van der Waals surface area contributed by atoms with Crippen LogP contribution in [0.1, 0.15) is 5.56 Å². The van der Waals surface area contributed by atoms with Gasteiger partial charge in [0, 0.05) is 12.1 Å². The lowest BCUT2D eigenvalue weighted by molar-refractivity contribution is -0.117. The molecule has 0 saturated carbocycles. The maximum atomic E-state index is 14.0. The SMILES string of the molecule is CNCCc1c(F)ccc2c1N(CCO)C(=O)CN2. The fourth-order valence-corrected chi connectivity index (χ4v) is 2.28. The summed E-state index contributed by atoms with van der Waals surface area (Å²) in [5.41, 5.74) is 1.79. The Morgan fingerprint density at radius 2 is 2.32 bits per heavy atom. The highest BCUT2D eigenvalue weighted by Gasteiger charge is 2.27. The average Bonchev–Trinajstić information content (AvgIpc) is 2.41. The predicted octanol–water partition coefficient (Wildman–Crippen LogP) is 0.338. The van der Waals surface area contributed by atoms with Gasteiger partial charge in [0.05, 0.1) is 24.5 Å². The topological polar surface area (TPSA) is 64.6 Å². The minimum absolute atomic E-state index is 0.146. The summed E-state index contributed by atoms with van der Waals surface area (Å²) in [6.07, 6.45) is 0.488. The van der Waals surface area contributed by atoms with E-state index < -0.39 is 0 Å². The summed E-state index contributed by atoms with van der Waals surface area (Å²) in [6.45, 7) is 0.829. The van der Waals surface area contributed by atoms with Crippen LogP contribution in [0.15, 0.2) is 12.1 Å². The average molecular weight is 267 g/mol. The Labute approximate surface area is 111 Å². The van der Waals surface area contributed by atoms with Gasteiger partial charge in [-0.1, -0.05) is 0 Å². The van der Waals surface area contributed by atoms with Gasteiger partial charge in [-0.15, -0.1) is 0 Å². The number of benzene rings is 1. The van der Waals surface area contributed by atoms with Crippen LogP contribution in [0.4, 0.5) is 15.8 Å². The molecular formula is C13H18FN3O2. The Balaban J connectivity index is 2.45. The third-order valence-corrected chi connectivity index (χ3v) is 3.18. The van der Waals surface area contributed by atoms with E-state index in [1.165, 1.54) is 11.0 Å². The maximum absolute atomic E-state index is 14.0. The first-order valence-corrected chi connectivity index (χ1v) is 6.30. The van der Waals surface area contributed by atoms with E-state index in [9.17, 15) is 9.18 Å². The molecule has 5 nitrogen and oxygen atoms in total. The van der Waals surface area contributed by atoms with Gasteiger partial charge in [-0.2, -0.15) is 0 Å². The van der Waals surface area contributed by atoms with Crippen LogP contribution in [0.2, 0.25) is 0 Å². The molecule has 0 spiro atoms. The summed E-state index contributed by atoms with van der Waals surface area (Å²) >= 11 is 0. The van der Waals surface area contributed by atoms with Crippen LogP contribution < -0.4 is 15.5 Å². The Morgan fingerprint density at radius 1 is 1.53 bits per heavy atom. The zero-order chi connectivity index (χ0) is 13.8. The van der Waals surface area contributed by atoms with Crippen molar-refractivity contribution in [3.63, 3.8) is 0 Å². The summed E-state index contributed by atoms with van der Waals surface area (Å²) in [5.74, 6) is -0.480. The molecular weight excluding hydrogens is 249 g/mol. The van der Waals surface area contributed by atoms with Crippen LogP contribution >= 0.6 is 0 Å². The summed E-state index contributed by atoms with van der Waals surface area (Å²) < 4.78 is 14.0. The van der Waals surface area contributed by atoms with Crippen LogP contribution in [0.25, 0.3) is 0 Å². The maximum Gasteiger partial charge on any atom is 0.246 e. The van der Waals surface area contributed by atoms with Crippen molar-refractivity contribution in [3.8, 4) is 0 Å². The summed E-state index contributed by atoms with van der Waals surface area (Å²) in [4.78, 5) is 13.4. The summed E-state index contributed by atoms with van der Waals surface area (Å²) in [7, 11) is 1.79. The van der Waals surface area contributed by atoms with Crippen LogP contribution in [-0.2, 0) is 11.2 Å². The number of nitrogens with one attached hydrogen (secondary N) is 2. The van der Waals surface area contributed by atoms with Gasteiger partial charge in [0.1, 0.15) is 5.82 Å². The molecule has 1 heterocycles. The van der Waals surface area contributed by atoms with E-state index in [2.05, 4.69) is 10.6 Å². The van der Waals surface area contributed by atoms with E-state index in [-0.39, 0.29) is 31.4 Å². The summed E-state index contributed by atoms with van der Waals surface area (Å²) in [5, 5.41) is 15.0. The fourth-order valence-electron chi connectivity index (χ4n) is 2.28. The van der Waals surface area contributed by atoms with E-state index in [0.29, 0.717) is 24.2 Å². The number of nitrogens with zero attached hydrogens (tertiary/aromatic N) is 1. The van der Waals surface area contributed by atoms with Crippen molar-refractivity contribution >= 4 is 17.3 Å². The van der Waals surface area contributed by atoms with Gasteiger partial charge in [0.15, 0.2) is 0 Å². The third-order valence-electron chi connectivity index (χ3n) is 3.18. The van der Waals surface area contributed by atoms with Crippen molar-refractivity contribution in [1.29, 1.82) is 0 Å². The lowest BCUT2D eigenvalue weighted by Gasteiger charge is -2.32. The van der Waals surface area contributed by atoms with E-state index in [0.717, 1.165) is 5.69 Å². The van der Waals surface area contributed by atoms with Crippen LogP contribution in [0.5, 0.6) is 0 Å². The first-order chi connectivity index (χ1) is 9.19. The zero-order valence-electron chi connectivity index (χ0n) is 10.9. The van der Waals surface area contributed by atoms with Crippen molar-refractivity contribution in [2.75, 3.05) is 43.5 Å². The highest BCUT2D eigenvalue weighted by molar-refractivity contribution is 6.03. The quantitative estimate of drug-likeness (QED) is 0.720. The number of hydrogen-bond donors (Lipinski definition) is 3. The number of halogens is 1. The molecule has 0 bridgehead atoms. The van der Waals surface area contributed by atoms with Gasteiger partial charge in [-0.3, -0.25) is 4.79 Å². The van der Waals surface area contributed by atoms with E-state index >= 15 is 0 Å². The highest BCUT2D eigenvalue weighted by Crippen LogP contribution is 2.35. The van der Waals surface area contributed by atoms with Gasteiger partial charge in [0.2, 0.25) is 5.91 Å². The zero-order valence-corrected chi connectivity index (χ0v) is 10.9. The smallest absolute Gasteiger partial charge is 0.246 e. The second kappa shape index (κ2) is 5.99. The highest BCUT2D eigenvalue weighted by atomic mass is 19.1. The molecule has 19 heavy (non-hydrogen) atoms. The van der Waals surface area contributed by atoms with Crippen molar-refractivity contribution in [2.45, 2.75) is 6.42 Å². The number of carbonyl (C=O) groups is 1.